The molecule has 0 aromatic rings. The van der Waals surface area contributed by atoms with Crippen molar-refractivity contribution < 1.29 is 179 Å². The molecule has 7 aliphatic heterocycles. The van der Waals surface area contributed by atoms with Gasteiger partial charge in [0.15, 0.2) is 44.0 Å². The molecule has 7 heterocycles. The molecule has 0 aliphatic carbocycles. The van der Waals surface area contributed by atoms with Crippen LogP contribution in [0.3, 0.4) is 0 Å². The smallest absolute Gasteiger partial charge is 0.187 e. The van der Waals surface area contributed by atoms with Crippen LogP contribution in [0.25, 0.3) is 0 Å². The van der Waals surface area contributed by atoms with Gasteiger partial charge in [-0.1, -0.05) is 0 Å². The lowest BCUT2D eigenvalue weighted by atomic mass is 9.95. The molecule has 23 N–H and O–H groups in total. The van der Waals surface area contributed by atoms with E-state index in [9.17, 15) is 117 Å². The van der Waals surface area contributed by atoms with Crippen LogP contribution in [-0.2, 0) is 61.6 Å². The molecule has 0 unspecified atom stereocenters. The molecule has 36 nitrogen and oxygen atoms in total. The molecular formula is C42H72O36. The molecule has 0 spiro atoms. The average molecular weight is 1150 g/mol. The number of rotatable bonds is 19. The summed E-state index contributed by atoms with van der Waals surface area (Å²) < 4.78 is 73.2. The van der Waals surface area contributed by atoms with Crippen LogP contribution < -0.4 is 0 Å². The first kappa shape index (κ1) is 64.1. The fraction of sp³-hybridized carbons (Fsp3) is 1.00. The fourth-order valence-electron chi connectivity index (χ4n) is 9.92. The molecule has 0 aromatic heterocycles. The summed E-state index contributed by atoms with van der Waals surface area (Å²) in [7, 11) is 0. The van der Waals surface area contributed by atoms with Crippen molar-refractivity contribution in [3.05, 3.63) is 0 Å². The zero-order valence-corrected chi connectivity index (χ0v) is 40.8. The van der Waals surface area contributed by atoms with Crippen molar-refractivity contribution in [2.45, 2.75) is 215 Å². The lowest BCUT2D eigenvalue weighted by Gasteiger charge is -2.50. The van der Waals surface area contributed by atoms with Gasteiger partial charge in [-0.2, -0.15) is 0 Å². The largest absolute Gasteiger partial charge is 0.394 e. The number of aliphatic hydroxyl groups is 23. The molecule has 0 aromatic carbocycles. The molecule has 456 valence electrons. The van der Waals surface area contributed by atoms with Crippen molar-refractivity contribution in [2.24, 2.45) is 0 Å². The first-order valence-electron chi connectivity index (χ1n) is 24.7. The van der Waals surface area contributed by atoms with Crippen LogP contribution in [-0.4, -0.2) is 379 Å². The number of hydrogen-bond acceptors (Lipinski definition) is 36. The topological polar surface area (TPSA) is 585 Å². The summed E-state index contributed by atoms with van der Waals surface area (Å²) in [4.78, 5) is 0. The molecule has 7 rings (SSSR count). The Balaban J connectivity index is 1.13. The normalized spacial score (nSPS) is 53.5. The first-order chi connectivity index (χ1) is 37.0. The van der Waals surface area contributed by atoms with Crippen LogP contribution in [0.4, 0.5) is 0 Å². The highest BCUT2D eigenvalue weighted by atomic mass is 16.8. The van der Waals surface area contributed by atoms with Gasteiger partial charge in [-0.25, -0.2) is 0 Å². The van der Waals surface area contributed by atoms with Gasteiger partial charge in [-0.3, -0.25) is 0 Å². The molecule has 7 aliphatic rings. The Morgan fingerprint density at radius 3 is 0.731 bits per heavy atom. The van der Waals surface area contributed by atoms with Crippen molar-refractivity contribution in [1.29, 1.82) is 0 Å². The van der Waals surface area contributed by atoms with Gasteiger partial charge in [-0.15, -0.1) is 0 Å². The van der Waals surface area contributed by atoms with Crippen LogP contribution in [0.2, 0.25) is 0 Å². The molecule has 36 heteroatoms. The van der Waals surface area contributed by atoms with E-state index in [1.54, 1.807) is 0 Å². The van der Waals surface area contributed by atoms with E-state index >= 15 is 0 Å². The van der Waals surface area contributed by atoms with Crippen molar-refractivity contribution in [3.63, 3.8) is 0 Å². The van der Waals surface area contributed by atoms with Gasteiger partial charge >= 0.3 is 0 Å². The monoisotopic (exact) mass is 1150 g/mol. The van der Waals surface area contributed by atoms with Gasteiger partial charge in [0.1, 0.15) is 171 Å². The summed E-state index contributed by atoms with van der Waals surface area (Å²) in [5.41, 5.74) is 0. The third-order valence-electron chi connectivity index (χ3n) is 14.6. The molecule has 0 amide bonds. The fourth-order valence-corrected chi connectivity index (χ4v) is 9.92. The maximum absolute atomic E-state index is 11.8. The van der Waals surface area contributed by atoms with Gasteiger partial charge in [0.2, 0.25) is 0 Å². The van der Waals surface area contributed by atoms with Gasteiger partial charge < -0.3 is 179 Å². The average Bonchev–Trinajstić information content (AvgIpc) is 3.54. The Labute approximate surface area is 439 Å². The minimum atomic E-state index is -2.38. The highest BCUT2D eigenvalue weighted by Gasteiger charge is 2.59. The molecule has 0 radical (unpaired) electrons. The lowest BCUT2D eigenvalue weighted by Crippen LogP contribution is -2.69. The van der Waals surface area contributed by atoms with E-state index in [-0.39, 0.29) is 0 Å². The zero-order chi connectivity index (χ0) is 57.3. The van der Waals surface area contributed by atoms with Crippen molar-refractivity contribution in [2.75, 3.05) is 46.2 Å². The van der Waals surface area contributed by atoms with Gasteiger partial charge in [0.05, 0.1) is 46.2 Å². The highest BCUT2D eigenvalue weighted by molar-refractivity contribution is 5.01. The Kier molecular flexibility index (Phi) is 22.6. The predicted molar refractivity (Wildman–Crippen MR) is 232 cm³/mol. The second-order valence-electron chi connectivity index (χ2n) is 19.6. The van der Waals surface area contributed by atoms with E-state index < -0.39 is 261 Å². The van der Waals surface area contributed by atoms with E-state index in [2.05, 4.69) is 0 Å². The second kappa shape index (κ2) is 27.5. The van der Waals surface area contributed by atoms with Crippen LogP contribution >= 0.6 is 0 Å². The number of aliphatic hydroxyl groups excluding tert-OH is 23. The van der Waals surface area contributed by atoms with Crippen molar-refractivity contribution >= 4 is 0 Å². The third kappa shape index (κ3) is 12.9. The maximum atomic E-state index is 11.8. The maximum Gasteiger partial charge on any atom is 0.187 e. The van der Waals surface area contributed by atoms with E-state index in [0.29, 0.717) is 0 Å². The van der Waals surface area contributed by atoms with Crippen LogP contribution in [0.1, 0.15) is 0 Å². The zero-order valence-electron chi connectivity index (χ0n) is 40.8. The molecule has 0 saturated carbocycles. The van der Waals surface area contributed by atoms with Crippen LogP contribution in [0.15, 0.2) is 0 Å². The quantitative estimate of drug-likeness (QED) is 0.0571. The van der Waals surface area contributed by atoms with E-state index in [1.807, 2.05) is 0 Å². The molecule has 7 saturated heterocycles. The first-order valence-corrected chi connectivity index (χ1v) is 24.7. The standard InChI is InChI=1S/C42H72O36/c43-1-8-15(50)22(57)26(61)37(67-8)76-33-23(58)16(51)9(2-44)70-40(33)75-32-21(56)14(7-49)68-38(29(32)64)73-31-20(55)13(6-48)69-39(28(31)63)77-34-24(59)17(52)11(4-46)72-42(34)78-35-25(60)18(53)10(3-45)71-41(35)74-30-19(54)12(5-47)66-36(65)27(30)62/h8-65H,1-7H2/t8-,9-,10-,11-,12-,13-,14-,15-,16-,17-,18-,19-,20-,21-,22+,23+,24+,25+,26-,27+,28+,29-,30+,31+,32+,33-,34+,35+,36-,37-,38-,39-,40-,41-,42-/m1/s1. The van der Waals surface area contributed by atoms with Gasteiger partial charge in [0, 0.05) is 0 Å². The molecule has 7 fully saturated rings. The summed E-state index contributed by atoms with van der Waals surface area (Å²) in [5.74, 6) is 0. The summed E-state index contributed by atoms with van der Waals surface area (Å²) in [5, 5.41) is 246. The Morgan fingerprint density at radius 1 is 0.192 bits per heavy atom. The summed E-state index contributed by atoms with van der Waals surface area (Å²) in [6.45, 7) is -7.12. The summed E-state index contributed by atoms with van der Waals surface area (Å²) in [6.07, 6.45) is -71.4. The number of hydrogen-bond donors (Lipinski definition) is 23. The molecule has 78 heavy (non-hydrogen) atoms. The Hall–Kier alpha value is -1.44. The van der Waals surface area contributed by atoms with Crippen LogP contribution in [0, 0.1) is 0 Å². The summed E-state index contributed by atoms with van der Waals surface area (Å²) in [6, 6.07) is 0. The second-order valence-corrected chi connectivity index (χ2v) is 19.6. The minimum absolute atomic E-state index is 0.921. The Bertz CT molecular complexity index is 1820. The van der Waals surface area contributed by atoms with Gasteiger partial charge in [0.25, 0.3) is 0 Å². The van der Waals surface area contributed by atoms with E-state index in [1.165, 1.54) is 0 Å². The predicted octanol–water partition coefficient (Wildman–Crippen LogP) is -16.3. The third-order valence-corrected chi connectivity index (χ3v) is 14.6. The van der Waals surface area contributed by atoms with E-state index in [4.69, 9.17) is 61.6 Å². The molecular weight excluding hydrogens is 1080 g/mol. The van der Waals surface area contributed by atoms with E-state index in [0.717, 1.165) is 0 Å². The lowest BCUT2D eigenvalue weighted by molar-refractivity contribution is -0.410. The van der Waals surface area contributed by atoms with Crippen molar-refractivity contribution in [3.8, 4) is 0 Å². The minimum Gasteiger partial charge on any atom is -0.394 e. The molecule has 35 atom stereocenters. The SMILES string of the molecule is OC[C@H]1O[C@H](O[C@H]2[C@@H](O[C@@H]3[C@@H](O)[C@@H](O[C@@H]4[C@H](O)[C@@H](O[C@@H]5[C@@H](O[C@@H]6[C@@H](O[C@@H]7[C@H](O)[C@H](O)O[C@H](CO)[C@H]7O)O[C@H](CO)[C@@H](O)[C@@H]6O)O[C@H](CO)[C@@H](O)[C@@H]5O)O[C@H](CO)[C@H]4O)O[C@H](CO)[C@H]3O)O[C@H](CO)[C@@H](O)[C@@H]2O)[C@H](O)[C@@H](O)[C@@H]1O. The van der Waals surface area contributed by atoms with Crippen molar-refractivity contribution in [1.82, 2.24) is 0 Å². The number of ether oxygens (including phenoxy) is 13. The van der Waals surface area contributed by atoms with Crippen LogP contribution in [0.5, 0.6) is 0 Å². The Morgan fingerprint density at radius 2 is 0.410 bits per heavy atom. The highest BCUT2D eigenvalue weighted by Crippen LogP contribution is 2.38. The van der Waals surface area contributed by atoms with Gasteiger partial charge in [-0.05, 0) is 0 Å². The summed E-state index contributed by atoms with van der Waals surface area (Å²) >= 11 is 0. The molecule has 0 bridgehead atoms.